The van der Waals surface area contributed by atoms with Crippen molar-refractivity contribution in [2.75, 3.05) is 39.3 Å². The quantitative estimate of drug-likeness (QED) is 0.756. The molecule has 110 valence electrons. The minimum atomic E-state index is -0.0667. The summed E-state index contributed by atoms with van der Waals surface area (Å²) in [6.45, 7) is 9.89. The number of rotatable bonds is 5. The van der Waals surface area contributed by atoms with Crippen LogP contribution in [0, 0.1) is 0 Å². The smallest absolute Gasteiger partial charge is 0.221 e. The second-order valence-electron chi connectivity index (χ2n) is 6.17. The topological polar surface area (TPSA) is 53.6 Å². The number of nitrogens with one attached hydrogen (secondary N) is 2. The van der Waals surface area contributed by atoms with Crippen molar-refractivity contribution >= 4 is 5.91 Å². The maximum Gasteiger partial charge on any atom is 0.221 e. The predicted octanol–water partition coefficient (Wildman–Crippen LogP) is 0.356. The molecule has 2 aliphatic rings. The van der Waals surface area contributed by atoms with E-state index in [1.54, 1.807) is 0 Å². The Balaban J connectivity index is 1.72. The van der Waals surface area contributed by atoms with Crippen molar-refractivity contribution in [1.29, 1.82) is 0 Å². The van der Waals surface area contributed by atoms with Crippen LogP contribution in [-0.2, 0) is 9.53 Å². The van der Waals surface area contributed by atoms with Gasteiger partial charge in [-0.2, -0.15) is 0 Å². The average Bonchev–Trinajstić information content (AvgIpc) is 2.90. The Morgan fingerprint density at radius 3 is 2.79 bits per heavy atom. The normalized spacial score (nSPS) is 25.5. The number of nitrogens with zero attached hydrogens (tertiary/aromatic N) is 1. The minimum Gasteiger partial charge on any atom is -0.376 e. The second kappa shape index (κ2) is 6.68. The third-order valence-corrected chi connectivity index (χ3v) is 4.12. The van der Waals surface area contributed by atoms with Gasteiger partial charge in [0.05, 0.1) is 6.10 Å². The molecule has 0 aromatic carbocycles. The van der Waals surface area contributed by atoms with Gasteiger partial charge < -0.3 is 15.4 Å². The molecule has 0 radical (unpaired) electrons. The first-order valence-corrected chi connectivity index (χ1v) is 7.42. The van der Waals surface area contributed by atoms with Crippen molar-refractivity contribution in [3.8, 4) is 0 Å². The Hall–Kier alpha value is -0.650. The van der Waals surface area contributed by atoms with Crippen molar-refractivity contribution in [3.63, 3.8) is 0 Å². The molecule has 5 heteroatoms. The molecule has 0 spiro atoms. The molecule has 1 atom stereocenters. The Morgan fingerprint density at radius 2 is 2.16 bits per heavy atom. The lowest BCUT2D eigenvalue weighted by molar-refractivity contribution is -0.124. The van der Waals surface area contributed by atoms with E-state index in [0.717, 1.165) is 45.6 Å². The Labute approximate surface area is 116 Å². The van der Waals surface area contributed by atoms with Crippen molar-refractivity contribution in [1.82, 2.24) is 15.5 Å². The predicted molar refractivity (Wildman–Crippen MR) is 75.1 cm³/mol. The maximum absolute atomic E-state index is 12.0. The van der Waals surface area contributed by atoms with Crippen molar-refractivity contribution < 1.29 is 9.53 Å². The molecular formula is C14H27N3O2. The fourth-order valence-electron chi connectivity index (χ4n) is 2.87. The minimum absolute atomic E-state index is 0.0667. The molecule has 2 N–H and O–H groups in total. The zero-order valence-corrected chi connectivity index (χ0v) is 12.2. The summed E-state index contributed by atoms with van der Waals surface area (Å²) < 4.78 is 5.52. The number of ether oxygens (including phenoxy) is 1. The van der Waals surface area contributed by atoms with Crippen LogP contribution in [0.4, 0.5) is 0 Å². The molecule has 0 bridgehead atoms. The average molecular weight is 269 g/mol. The van der Waals surface area contributed by atoms with Crippen LogP contribution in [0.1, 0.15) is 33.1 Å². The van der Waals surface area contributed by atoms with Crippen molar-refractivity contribution in [3.05, 3.63) is 0 Å². The third-order valence-electron chi connectivity index (χ3n) is 4.12. The summed E-state index contributed by atoms with van der Waals surface area (Å²) in [7, 11) is 0. The number of piperazine rings is 1. The number of amides is 1. The summed E-state index contributed by atoms with van der Waals surface area (Å²) in [6.07, 6.45) is 2.97. The Morgan fingerprint density at radius 1 is 1.42 bits per heavy atom. The van der Waals surface area contributed by atoms with Gasteiger partial charge in [0.2, 0.25) is 5.91 Å². The van der Waals surface area contributed by atoms with Gasteiger partial charge in [0.25, 0.3) is 0 Å². The highest BCUT2D eigenvalue weighted by molar-refractivity contribution is 5.77. The summed E-state index contributed by atoms with van der Waals surface area (Å²) in [5.41, 5.74) is -0.0667. The van der Waals surface area contributed by atoms with E-state index in [-0.39, 0.29) is 17.6 Å². The summed E-state index contributed by atoms with van der Waals surface area (Å²) in [5, 5.41) is 6.36. The number of carbonyl (C=O) groups is 1. The Bertz CT molecular complexity index is 295. The van der Waals surface area contributed by atoms with Gasteiger partial charge >= 0.3 is 0 Å². The summed E-state index contributed by atoms with van der Waals surface area (Å²) >= 11 is 0. The molecular weight excluding hydrogens is 242 g/mol. The molecule has 1 unspecified atom stereocenters. The molecule has 2 fully saturated rings. The lowest BCUT2D eigenvalue weighted by Crippen LogP contribution is -2.55. The molecule has 0 aliphatic carbocycles. The molecule has 5 nitrogen and oxygen atoms in total. The fraction of sp³-hybridized carbons (Fsp3) is 0.929. The van der Waals surface area contributed by atoms with E-state index in [1.165, 1.54) is 0 Å². The lowest BCUT2D eigenvalue weighted by atomic mass is 9.96. The monoisotopic (exact) mass is 269 g/mol. The second-order valence-corrected chi connectivity index (χ2v) is 6.17. The molecule has 1 amide bonds. The SMILES string of the molecule is CC(C)(CC(=O)NCC1CCCO1)N1CCNCC1. The van der Waals surface area contributed by atoms with Gasteiger partial charge in [-0.3, -0.25) is 9.69 Å². The zero-order valence-electron chi connectivity index (χ0n) is 12.2. The van der Waals surface area contributed by atoms with Crippen LogP contribution in [0.3, 0.4) is 0 Å². The van der Waals surface area contributed by atoms with Gasteiger partial charge in [0.15, 0.2) is 0 Å². The third kappa shape index (κ3) is 4.44. The van der Waals surface area contributed by atoms with Gasteiger partial charge in [-0.05, 0) is 26.7 Å². The number of hydrogen-bond acceptors (Lipinski definition) is 4. The van der Waals surface area contributed by atoms with E-state index < -0.39 is 0 Å². The van der Waals surface area contributed by atoms with Crippen molar-refractivity contribution in [2.45, 2.75) is 44.8 Å². The van der Waals surface area contributed by atoms with Gasteiger partial charge in [-0.15, -0.1) is 0 Å². The first kappa shape index (κ1) is 14.8. The largest absolute Gasteiger partial charge is 0.376 e. The van der Waals surface area contributed by atoms with Crippen molar-refractivity contribution in [2.24, 2.45) is 0 Å². The summed E-state index contributed by atoms with van der Waals surface area (Å²) in [6, 6.07) is 0. The highest BCUT2D eigenvalue weighted by Crippen LogP contribution is 2.19. The van der Waals surface area contributed by atoms with Gasteiger partial charge in [0.1, 0.15) is 0 Å². The van der Waals surface area contributed by atoms with E-state index in [0.29, 0.717) is 13.0 Å². The molecule has 0 aromatic heterocycles. The van der Waals surface area contributed by atoms with Gasteiger partial charge in [-0.25, -0.2) is 0 Å². The van der Waals surface area contributed by atoms with Crippen LogP contribution >= 0.6 is 0 Å². The van der Waals surface area contributed by atoms with Crippen LogP contribution in [0.15, 0.2) is 0 Å². The molecule has 2 saturated heterocycles. The molecule has 2 aliphatic heterocycles. The first-order chi connectivity index (χ1) is 9.08. The van der Waals surface area contributed by atoms with E-state index >= 15 is 0 Å². The Kier molecular flexibility index (Phi) is 5.19. The standard InChI is InChI=1S/C14H27N3O2/c1-14(2,17-7-5-15-6-8-17)10-13(18)16-11-12-4-3-9-19-12/h12,15H,3-11H2,1-2H3,(H,16,18). The van der Waals surface area contributed by atoms with E-state index in [1.807, 2.05) is 0 Å². The van der Waals surface area contributed by atoms with Crippen LogP contribution in [0.25, 0.3) is 0 Å². The van der Waals surface area contributed by atoms with Gasteiger partial charge in [-0.1, -0.05) is 0 Å². The molecule has 0 aromatic rings. The number of hydrogen-bond donors (Lipinski definition) is 2. The molecule has 2 heterocycles. The summed E-state index contributed by atoms with van der Waals surface area (Å²) in [4.78, 5) is 14.4. The van der Waals surface area contributed by atoms with Crippen LogP contribution in [-0.4, -0.2) is 61.8 Å². The first-order valence-electron chi connectivity index (χ1n) is 7.42. The van der Waals surface area contributed by atoms with Crippen LogP contribution in [0.2, 0.25) is 0 Å². The van der Waals surface area contributed by atoms with Crippen LogP contribution < -0.4 is 10.6 Å². The van der Waals surface area contributed by atoms with E-state index in [9.17, 15) is 4.79 Å². The molecule has 0 saturated carbocycles. The van der Waals surface area contributed by atoms with Gasteiger partial charge in [0, 0.05) is 51.3 Å². The van der Waals surface area contributed by atoms with E-state index in [4.69, 9.17) is 4.74 Å². The summed E-state index contributed by atoms with van der Waals surface area (Å²) in [5.74, 6) is 0.138. The maximum atomic E-state index is 12.0. The number of carbonyl (C=O) groups excluding carboxylic acids is 1. The highest BCUT2D eigenvalue weighted by Gasteiger charge is 2.30. The zero-order chi connectivity index (χ0) is 13.7. The highest BCUT2D eigenvalue weighted by atomic mass is 16.5. The lowest BCUT2D eigenvalue weighted by Gasteiger charge is -2.40. The van der Waals surface area contributed by atoms with Crippen LogP contribution in [0.5, 0.6) is 0 Å². The van der Waals surface area contributed by atoms with E-state index in [2.05, 4.69) is 29.4 Å². The molecule has 19 heavy (non-hydrogen) atoms. The fourth-order valence-corrected chi connectivity index (χ4v) is 2.87. The molecule has 2 rings (SSSR count).